The normalized spacial score (nSPS) is 10.7. The first-order chi connectivity index (χ1) is 10.6. The van der Waals surface area contributed by atoms with Crippen molar-refractivity contribution < 1.29 is 9.53 Å². The van der Waals surface area contributed by atoms with E-state index in [1.165, 1.54) is 0 Å². The number of carbonyl (C=O) groups excluding carboxylic acids is 1. The molecule has 4 nitrogen and oxygen atoms in total. The molecule has 0 saturated carbocycles. The molecule has 116 valence electrons. The zero-order valence-corrected chi connectivity index (χ0v) is 13.0. The van der Waals surface area contributed by atoms with Crippen molar-refractivity contribution in [1.82, 2.24) is 0 Å². The van der Waals surface area contributed by atoms with Gasteiger partial charge in [-0.3, -0.25) is 4.79 Å². The van der Waals surface area contributed by atoms with Crippen molar-refractivity contribution in [3.8, 4) is 0 Å². The summed E-state index contributed by atoms with van der Waals surface area (Å²) in [5, 5.41) is 2.90. The van der Waals surface area contributed by atoms with Gasteiger partial charge in [0.2, 0.25) is 0 Å². The molecule has 4 heteroatoms. The smallest absolute Gasteiger partial charge is 0.255 e. The minimum Gasteiger partial charge on any atom is -0.374 e. The number of nitrogens with two attached hydrogens (primary N) is 1. The fourth-order valence-corrected chi connectivity index (χ4v) is 2.00. The SMILES string of the molecule is CC(C)OCc1cccc(NC(=O)c2ccc(CN)cc2)c1. The van der Waals surface area contributed by atoms with E-state index in [0.29, 0.717) is 18.7 Å². The van der Waals surface area contributed by atoms with Crippen molar-refractivity contribution in [2.24, 2.45) is 5.73 Å². The molecule has 0 fully saturated rings. The molecular formula is C18H22N2O2. The predicted octanol–water partition coefficient (Wildman–Crippen LogP) is 3.32. The number of amides is 1. The summed E-state index contributed by atoms with van der Waals surface area (Å²) in [4.78, 5) is 12.2. The molecule has 0 radical (unpaired) electrons. The number of benzene rings is 2. The Morgan fingerprint density at radius 2 is 1.86 bits per heavy atom. The molecule has 0 spiro atoms. The first-order valence-electron chi connectivity index (χ1n) is 7.39. The highest BCUT2D eigenvalue weighted by molar-refractivity contribution is 6.04. The van der Waals surface area contributed by atoms with Crippen LogP contribution in [0.5, 0.6) is 0 Å². The Bertz CT molecular complexity index is 621. The van der Waals surface area contributed by atoms with Crippen LogP contribution in [-0.4, -0.2) is 12.0 Å². The Morgan fingerprint density at radius 3 is 2.50 bits per heavy atom. The number of hydrogen-bond donors (Lipinski definition) is 2. The Morgan fingerprint density at radius 1 is 1.14 bits per heavy atom. The van der Waals surface area contributed by atoms with Gasteiger partial charge in [0.15, 0.2) is 0 Å². The molecule has 2 aromatic carbocycles. The molecule has 0 unspecified atom stereocenters. The Balaban J connectivity index is 2.02. The summed E-state index contributed by atoms with van der Waals surface area (Å²) in [6.45, 7) is 5.00. The molecule has 3 N–H and O–H groups in total. The summed E-state index contributed by atoms with van der Waals surface area (Å²) in [7, 11) is 0. The third kappa shape index (κ3) is 4.69. The molecule has 0 aromatic heterocycles. The molecular weight excluding hydrogens is 276 g/mol. The maximum absolute atomic E-state index is 12.2. The Hall–Kier alpha value is -2.17. The molecule has 0 aliphatic heterocycles. The van der Waals surface area contributed by atoms with Crippen molar-refractivity contribution in [2.45, 2.75) is 33.1 Å². The average Bonchev–Trinajstić information content (AvgIpc) is 2.53. The monoisotopic (exact) mass is 298 g/mol. The average molecular weight is 298 g/mol. The van der Waals surface area contributed by atoms with Crippen LogP contribution in [-0.2, 0) is 17.9 Å². The highest BCUT2D eigenvalue weighted by Gasteiger charge is 2.06. The number of ether oxygens (including phenoxy) is 1. The first-order valence-corrected chi connectivity index (χ1v) is 7.39. The quantitative estimate of drug-likeness (QED) is 0.860. The van der Waals surface area contributed by atoms with E-state index in [2.05, 4.69) is 5.32 Å². The lowest BCUT2D eigenvalue weighted by atomic mass is 10.1. The molecule has 1 amide bonds. The van der Waals surface area contributed by atoms with Crippen LogP contribution in [0.2, 0.25) is 0 Å². The molecule has 0 atom stereocenters. The van der Waals surface area contributed by atoms with Crippen LogP contribution < -0.4 is 11.1 Å². The van der Waals surface area contributed by atoms with Crippen LogP contribution in [0.1, 0.15) is 35.3 Å². The summed E-state index contributed by atoms with van der Waals surface area (Å²) in [6.07, 6.45) is 0.180. The van der Waals surface area contributed by atoms with E-state index in [1.54, 1.807) is 12.1 Å². The third-order valence-corrected chi connectivity index (χ3v) is 3.22. The Kier molecular flexibility index (Phi) is 5.69. The summed E-state index contributed by atoms with van der Waals surface area (Å²) in [5.74, 6) is -0.134. The highest BCUT2D eigenvalue weighted by atomic mass is 16.5. The lowest BCUT2D eigenvalue weighted by Gasteiger charge is -2.10. The van der Waals surface area contributed by atoms with E-state index >= 15 is 0 Å². The largest absolute Gasteiger partial charge is 0.374 e. The topological polar surface area (TPSA) is 64.3 Å². The summed E-state index contributed by atoms with van der Waals surface area (Å²) in [6, 6.07) is 15.0. The van der Waals surface area contributed by atoms with Gasteiger partial charge in [-0.25, -0.2) is 0 Å². The lowest BCUT2D eigenvalue weighted by molar-refractivity contribution is 0.0657. The zero-order chi connectivity index (χ0) is 15.9. The van der Waals surface area contributed by atoms with Gasteiger partial charge in [-0.15, -0.1) is 0 Å². The molecule has 0 heterocycles. The van der Waals surface area contributed by atoms with Gasteiger partial charge >= 0.3 is 0 Å². The molecule has 0 aliphatic carbocycles. The van der Waals surface area contributed by atoms with E-state index in [-0.39, 0.29) is 12.0 Å². The molecule has 22 heavy (non-hydrogen) atoms. The standard InChI is InChI=1S/C18H22N2O2/c1-13(2)22-12-15-4-3-5-17(10-15)20-18(21)16-8-6-14(11-19)7-9-16/h3-10,13H,11-12,19H2,1-2H3,(H,20,21). The van der Waals surface area contributed by atoms with E-state index in [0.717, 1.165) is 16.8 Å². The van der Waals surface area contributed by atoms with Gasteiger partial charge in [0.1, 0.15) is 0 Å². The zero-order valence-electron chi connectivity index (χ0n) is 13.0. The van der Waals surface area contributed by atoms with Crippen molar-refractivity contribution in [3.05, 3.63) is 65.2 Å². The predicted molar refractivity (Wildman–Crippen MR) is 88.7 cm³/mol. The van der Waals surface area contributed by atoms with Crippen LogP contribution in [0.25, 0.3) is 0 Å². The fourth-order valence-electron chi connectivity index (χ4n) is 2.00. The second kappa shape index (κ2) is 7.73. The molecule has 2 rings (SSSR count). The highest BCUT2D eigenvalue weighted by Crippen LogP contribution is 2.14. The van der Waals surface area contributed by atoms with Crippen LogP contribution in [0.4, 0.5) is 5.69 Å². The summed E-state index contributed by atoms with van der Waals surface area (Å²) < 4.78 is 5.57. The van der Waals surface area contributed by atoms with E-state index in [9.17, 15) is 4.79 Å². The Labute approximate surface area is 131 Å². The maximum atomic E-state index is 12.2. The van der Waals surface area contributed by atoms with Gasteiger partial charge in [-0.05, 0) is 49.2 Å². The fraction of sp³-hybridized carbons (Fsp3) is 0.278. The van der Waals surface area contributed by atoms with Gasteiger partial charge in [0, 0.05) is 17.8 Å². The number of nitrogens with one attached hydrogen (secondary N) is 1. The van der Waals surface area contributed by atoms with Crippen molar-refractivity contribution in [3.63, 3.8) is 0 Å². The van der Waals surface area contributed by atoms with Gasteiger partial charge in [-0.2, -0.15) is 0 Å². The van der Waals surface area contributed by atoms with Crippen molar-refractivity contribution in [1.29, 1.82) is 0 Å². The summed E-state index contributed by atoms with van der Waals surface area (Å²) in [5.41, 5.74) is 8.96. The minimum atomic E-state index is -0.134. The number of anilines is 1. The second-order valence-corrected chi connectivity index (χ2v) is 5.42. The van der Waals surface area contributed by atoms with Crippen LogP contribution in [0.15, 0.2) is 48.5 Å². The van der Waals surface area contributed by atoms with E-state index < -0.39 is 0 Å². The lowest BCUT2D eigenvalue weighted by Crippen LogP contribution is -2.12. The number of rotatable bonds is 6. The van der Waals surface area contributed by atoms with Crippen LogP contribution >= 0.6 is 0 Å². The molecule has 2 aromatic rings. The van der Waals surface area contributed by atoms with Crippen molar-refractivity contribution in [2.75, 3.05) is 5.32 Å². The van der Waals surface area contributed by atoms with E-state index in [4.69, 9.17) is 10.5 Å². The van der Waals surface area contributed by atoms with Gasteiger partial charge in [0.25, 0.3) is 5.91 Å². The molecule has 0 aliphatic rings. The van der Waals surface area contributed by atoms with Crippen LogP contribution in [0.3, 0.4) is 0 Å². The summed E-state index contributed by atoms with van der Waals surface area (Å²) >= 11 is 0. The third-order valence-electron chi connectivity index (χ3n) is 3.22. The van der Waals surface area contributed by atoms with Gasteiger partial charge in [-0.1, -0.05) is 24.3 Å². The number of carbonyl (C=O) groups is 1. The van der Waals surface area contributed by atoms with Gasteiger partial charge < -0.3 is 15.8 Å². The van der Waals surface area contributed by atoms with Crippen LogP contribution in [0, 0.1) is 0 Å². The molecule has 0 bridgehead atoms. The number of hydrogen-bond acceptors (Lipinski definition) is 3. The second-order valence-electron chi connectivity index (χ2n) is 5.42. The maximum Gasteiger partial charge on any atom is 0.255 e. The van der Waals surface area contributed by atoms with Crippen molar-refractivity contribution >= 4 is 11.6 Å². The van der Waals surface area contributed by atoms with E-state index in [1.807, 2.05) is 50.2 Å². The molecule has 0 saturated heterocycles. The van der Waals surface area contributed by atoms with Gasteiger partial charge in [0.05, 0.1) is 12.7 Å². The minimum absolute atomic E-state index is 0.134. The first kappa shape index (κ1) is 16.2.